The van der Waals surface area contributed by atoms with Gasteiger partial charge in [0.2, 0.25) is 0 Å². The summed E-state index contributed by atoms with van der Waals surface area (Å²) in [5.74, 6) is 1.72. The molecule has 0 aromatic heterocycles. The lowest BCUT2D eigenvalue weighted by molar-refractivity contribution is 0.0438. The van der Waals surface area contributed by atoms with Crippen molar-refractivity contribution in [3.05, 3.63) is 0 Å². The molecule has 2 heteroatoms. The lowest BCUT2D eigenvalue weighted by Crippen LogP contribution is -2.50. The highest BCUT2D eigenvalue weighted by Gasteiger charge is 2.31. The van der Waals surface area contributed by atoms with E-state index in [-0.39, 0.29) is 0 Å². The predicted octanol–water partition coefficient (Wildman–Crippen LogP) is 2.35. The SMILES string of the molecule is CNCCC(C)N1CC(C)CC(C)C1C. The summed E-state index contributed by atoms with van der Waals surface area (Å²) < 4.78 is 0. The van der Waals surface area contributed by atoms with E-state index in [4.69, 9.17) is 0 Å². The van der Waals surface area contributed by atoms with E-state index in [1.807, 2.05) is 7.05 Å². The van der Waals surface area contributed by atoms with Crippen LogP contribution < -0.4 is 5.32 Å². The average Bonchev–Trinajstić information content (AvgIpc) is 2.19. The van der Waals surface area contributed by atoms with E-state index in [2.05, 4.69) is 37.9 Å². The molecule has 1 rings (SSSR count). The van der Waals surface area contributed by atoms with Crippen molar-refractivity contribution in [3.63, 3.8) is 0 Å². The third-order valence-corrected chi connectivity index (χ3v) is 4.02. The van der Waals surface area contributed by atoms with Gasteiger partial charge in [-0.1, -0.05) is 13.8 Å². The minimum Gasteiger partial charge on any atom is -0.320 e. The van der Waals surface area contributed by atoms with Gasteiger partial charge in [0.15, 0.2) is 0 Å². The minimum absolute atomic E-state index is 0.720. The van der Waals surface area contributed by atoms with Crippen molar-refractivity contribution in [2.75, 3.05) is 20.1 Å². The van der Waals surface area contributed by atoms with Crippen LogP contribution in [0.1, 0.15) is 40.5 Å². The quantitative estimate of drug-likeness (QED) is 0.769. The van der Waals surface area contributed by atoms with Gasteiger partial charge in [0, 0.05) is 18.6 Å². The normalized spacial score (nSPS) is 35.4. The molecule has 1 N–H and O–H groups in total. The molecule has 0 aliphatic carbocycles. The van der Waals surface area contributed by atoms with Gasteiger partial charge in [0.25, 0.3) is 0 Å². The maximum absolute atomic E-state index is 3.25. The smallest absolute Gasteiger partial charge is 0.00956 e. The molecule has 4 unspecified atom stereocenters. The molecular formula is C13H28N2. The number of hydrogen-bond donors (Lipinski definition) is 1. The monoisotopic (exact) mass is 212 g/mol. The largest absolute Gasteiger partial charge is 0.320 e. The maximum atomic E-state index is 3.25. The van der Waals surface area contributed by atoms with E-state index in [0.717, 1.165) is 30.5 Å². The lowest BCUT2D eigenvalue weighted by atomic mass is 9.85. The van der Waals surface area contributed by atoms with E-state index < -0.39 is 0 Å². The Balaban J connectivity index is 2.50. The van der Waals surface area contributed by atoms with Crippen molar-refractivity contribution < 1.29 is 0 Å². The Morgan fingerprint density at radius 1 is 1.33 bits per heavy atom. The average molecular weight is 212 g/mol. The highest BCUT2D eigenvalue weighted by Crippen LogP contribution is 2.28. The van der Waals surface area contributed by atoms with Crippen molar-refractivity contribution in [2.45, 2.75) is 52.6 Å². The highest BCUT2D eigenvalue weighted by atomic mass is 15.2. The minimum atomic E-state index is 0.720. The van der Waals surface area contributed by atoms with Gasteiger partial charge >= 0.3 is 0 Å². The first-order chi connectivity index (χ1) is 7.06. The number of likely N-dealkylation sites (tertiary alicyclic amines) is 1. The van der Waals surface area contributed by atoms with Crippen molar-refractivity contribution in [1.82, 2.24) is 10.2 Å². The first-order valence-corrected chi connectivity index (χ1v) is 6.46. The van der Waals surface area contributed by atoms with Crippen LogP contribution in [0.2, 0.25) is 0 Å². The Labute approximate surface area is 95.4 Å². The second-order valence-electron chi connectivity index (χ2n) is 5.50. The zero-order valence-corrected chi connectivity index (χ0v) is 11.1. The van der Waals surface area contributed by atoms with Gasteiger partial charge in [0.1, 0.15) is 0 Å². The number of piperidine rings is 1. The van der Waals surface area contributed by atoms with Gasteiger partial charge in [-0.2, -0.15) is 0 Å². The molecule has 90 valence electrons. The van der Waals surface area contributed by atoms with Gasteiger partial charge in [-0.3, -0.25) is 4.90 Å². The summed E-state index contributed by atoms with van der Waals surface area (Å²) in [6.07, 6.45) is 2.66. The second-order valence-corrected chi connectivity index (χ2v) is 5.50. The van der Waals surface area contributed by atoms with Crippen LogP contribution in [-0.4, -0.2) is 37.1 Å². The van der Waals surface area contributed by atoms with Crippen LogP contribution >= 0.6 is 0 Å². The standard InChI is InChI=1S/C13H28N2/c1-10-8-11(2)13(4)15(9-10)12(3)6-7-14-5/h10-14H,6-9H2,1-5H3. The summed E-state index contributed by atoms with van der Waals surface area (Å²) in [4.78, 5) is 2.70. The number of nitrogens with one attached hydrogen (secondary N) is 1. The molecule has 1 aliphatic rings. The van der Waals surface area contributed by atoms with Gasteiger partial charge in [-0.15, -0.1) is 0 Å². The molecule has 0 saturated carbocycles. The first kappa shape index (κ1) is 13.0. The summed E-state index contributed by atoms with van der Waals surface area (Å²) in [7, 11) is 2.04. The van der Waals surface area contributed by atoms with E-state index in [1.165, 1.54) is 19.4 Å². The van der Waals surface area contributed by atoms with Crippen molar-refractivity contribution in [2.24, 2.45) is 11.8 Å². The van der Waals surface area contributed by atoms with Crippen molar-refractivity contribution >= 4 is 0 Å². The van der Waals surface area contributed by atoms with E-state index in [9.17, 15) is 0 Å². The fraction of sp³-hybridized carbons (Fsp3) is 1.00. The van der Waals surface area contributed by atoms with Crippen LogP contribution in [0.3, 0.4) is 0 Å². The molecule has 1 heterocycles. The molecule has 0 amide bonds. The zero-order chi connectivity index (χ0) is 11.4. The molecule has 0 radical (unpaired) electrons. The fourth-order valence-electron chi connectivity index (χ4n) is 2.86. The molecule has 0 aromatic carbocycles. The van der Waals surface area contributed by atoms with Crippen molar-refractivity contribution in [1.29, 1.82) is 0 Å². The van der Waals surface area contributed by atoms with E-state index >= 15 is 0 Å². The highest BCUT2D eigenvalue weighted by molar-refractivity contribution is 4.85. The first-order valence-electron chi connectivity index (χ1n) is 6.46. The molecule has 1 fully saturated rings. The van der Waals surface area contributed by atoms with Crippen molar-refractivity contribution in [3.8, 4) is 0 Å². The molecule has 0 bridgehead atoms. The van der Waals surface area contributed by atoms with Crippen LogP contribution in [0.5, 0.6) is 0 Å². The van der Waals surface area contributed by atoms with Gasteiger partial charge in [0.05, 0.1) is 0 Å². The van der Waals surface area contributed by atoms with Crippen LogP contribution in [0.4, 0.5) is 0 Å². The summed E-state index contributed by atoms with van der Waals surface area (Å²) in [6, 6.07) is 1.48. The molecule has 2 nitrogen and oxygen atoms in total. The molecular weight excluding hydrogens is 184 g/mol. The lowest BCUT2D eigenvalue weighted by Gasteiger charge is -2.44. The molecule has 15 heavy (non-hydrogen) atoms. The number of nitrogens with zero attached hydrogens (tertiary/aromatic N) is 1. The molecule has 1 aliphatic heterocycles. The predicted molar refractivity (Wildman–Crippen MR) is 67.1 cm³/mol. The van der Waals surface area contributed by atoms with Crippen LogP contribution in [0, 0.1) is 11.8 Å². The Kier molecular flexibility index (Phi) is 5.07. The Morgan fingerprint density at radius 2 is 2.00 bits per heavy atom. The van der Waals surface area contributed by atoms with Crippen LogP contribution in [-0.2, 0) is 0 Å². The topological polar surface area (TPSA) is 15.3 Å². The summed E-state index contributed by atoms with van der Waals surface area (Å²) in [5.41, 5.74) is 0. The Morgan fingerprint density at radius 3 is 2.60 bits per heavy atom. The summed E-state index contributed by atoms with van der Waals surface area (Å²) in [6.45, 7) is 12.0. The van der Waals surface area contributed by atoms with Gasteiger partial charge < -0.3 is 5.32 Å². The Hall–Kier alpha value is -0.0800. The molecule has 0 spiro atoms. The van der Waals surface area contributed by atoms with E-state index in [0.29, 0.717) is 0 Å². The number of rotatable bonds is 4. The zero-order valence-electron chi connectivity index (χ0n) is 11.1. The second kappa shape index (κ2) is 5.86. The summed E-state index contributed by atoms with van der Waals surface area (Å²) in [5, 5.41) is 3.25. The van der Waals surface area contributed by atoms with Crippen LogP contribution in [0.15, 0.2) is 0 Å². The van der Waals surface area contributed by atoms with Gasteiger partial charge in [-0.05, 0) is 52.1 Å². The molecule has 1 saturated heterocycles. The number of hydrogen-bond acceptors (Lipinski definition) is 2. The van der Waals surface area contributed by atoms with E-state index in [1.54, 1.807) is 0 Å². The van der Waals surface area contributed by atoms with Gasteiger partial charge in [-0.25, -0.2) is 0 Å². The van der Waals surface area contributed by atoms with Crippen LogP contribution in [0.25, 0.3) is 0 Å². The Bertz CT molecular complexity index is 181. The third-order valence-electron chi connectivity index (χ3n) is 4.02. The molecule has 4 atom stereocenters. The third kappa shape index (κ3) is 3.46. The fourth-order valence-corrected chi connectivity index (χ4v) is 2.86. The summed E-state index contributed by atoms with van der Waals surface area (Å²) >= 11 is 0. The molecule has 0 aromatic rings. The maximum Gasteiger partial charge on any atom is 0.00956 e.